The van der Waals surface area contributed by atoms with Crippen LogP contribution in [0, 0.1) is 0 Å². The lowest BCUT2D eigenvalue weighted by molar-refractivity contribution is 0.255. The highest BCUT2D eigenvalue weighted by molar-refractivity contribution is 5.55. The zero-order valence-electron chi connectivity index (χ0n) is 11.2. The van der Waals surface area contributed by atoms with Crippen molar-refractivity contribution in [1.82, 2.24) is 0 Å². The van der Waals surface area contributed by atoms with E-state index in [1.807, 2.05) is 13.0 Å². The molecule has 1 fully saturated rings. The maximum Gasteiger partial charge on any atom is 0.0635 e. The van der Waals surface area contributed by atoms with Gasteiger partial charge in [0.1, 0.15) is 0 Å². The molecule has 3 N–H and O–H groups in total. The number of aliphatic hydroxyl groups is 1. The maximum atomic E-state index is 9.60. The van der Waals surface area contributed by atoms with Crippen LogP contribution in [0.5, 0.6) is 0 Å². The van der Waals surface area contributed by atoms with Crippen LogP contribution < -0.4 is 10.6 Å². The molecule has 1 saturated heterocycles. The Labute approximate surface area is 110 Å². The second-order valence-electron chi connectivity index (χ2n) is 5.23. The van der Waals surface area contributed by atoms with Gasteiger partial charge in [0.05, 0.1) is 12.6 Å². The molecule has 0 aliphatic carbocycles. The Morgan fingerprint density at radius 2 is 2.11 bits per heavy atom. The summed E-state index contributed by atoms with van der Waals surface area (Å²) in [5.74, 6) is 0. The van der Waals surface area contributed by atoms with E-state index < -0.39 is 0 Å². The molecule has 2 atom stereocenters. The molecule has 1 heterocycles. The fourth-order valence-corrected chi connectivity index (χ4v) is 2.82. The van der Waals surface area contributed by atoms with E-state index in [9.17, 15) is 5.11 Å². The first-order valence-electron chi connectivity index (χ1n) is 6.96. The average molecular weight is 248 g/mol. The highest BCUT2D eigenvalue weighted by atomic mass is 16.3. The summed E-state index contributed by atoms with van der Waals surface area (Å²) in [4.78, 5) is 2.35. The van der Waals surface area contributed by atoms with E-state index in [0.717, 1.165) is 13.0 Å². The van der Waals surface area contributed by atoms with Gasteiger partial charge in [-0.3, -0.25) is 0 Å². The standard InChI is InChI=1S/C15H24N2O/c1-12(16)14-8-4-5-9-15(14)17-10-6-2-3-7-13(17)11-18/h4-5,8-9,12-13,18H,2-3,6-7,10-11,16H2,1H3. The third kappa shape index (κ3) is 2.85. The molecule has 0 aromatic heterocycles. The van der Waals surface area contributed by atoms with Crippen LogP contribution in [0.3, 0.4) is 0 Å². The van der Waals surface area contributed by atoms with Crippen LogP contribution >= 0.6 is 0 Å². The first kappa shape index (κ1) is 13.4. The van der Waals surface area contributed by atoms with Crippen LogP contribution in [0.2, 0.25) is 0 Å². The highest BCUT2D eigenvalue weighted by Gasteiger charge is 2.22. The Bertz CT molecular complexity index is 379. The Kier molecular flexibility index (Phi) is 4.61. The summed E-state index contributed by atoms with van der Waals surface area (Å²) >= 11 is 0. The molecule has 3 heteroatoms. The van der Waals surface area contributed by atoms with Gasteiger partial charge in [0.15, 0.2) is 0 Å². The van der Waals surface area contributed by atoms with Crippen molar-refractivity contribution in [3.8, 4) is 0 Å². The van der Waals surface area contributed by atoms with Crippen molar-refractivity contribution in [2.45, 2.75) is 44.7 Å². The molecule has 18 heavy (non-hydrogen) atoms. The van der Waals surface area contributed by atoms with E-state index in [2.05, 4.69) is 23.1 Å². The molecule has 0 amide bonds. The molecule has 1 aliphatic heterocycles. The topological polar surface area (TPSA) is 49.5 Å². The van der Waals surface area contributed by atoms with Gasteiger partial charge in [0.2, 0.25) is 0 Å². The third-order valence-corrected chi connectivity index (χ3v) is 3.82. The van der Waals surface area contributed by atoms with Crippen LogP contribution in [0.25, 0.3) is 0 Å². The van der Waals surface area contributed by atoms with E-state index in [-0.39, 0.29) is 18.7 Å². The van der Waals surface area contributed by atoms with E-state index in [1.165, 1.54) is 30.5 Å². The Hall–Kier alpha value is -1.06. The summed E-state index contributed by atoms with van der Waals surface area (Å²) in [6, 6.07) is 8.59. The third-order valence-electron chi connectivity index (χ3n) is 3.82. The van der Waals surface area contributed by atoms with Gasteiger partial charge >= 0.3 is 0 Å². The monoisotopic (exact) mass is 248 g/mol. The van der Waals surface area contributed by atoms with Gasteiger partial charge in [-0.05, 0) is 31.4 Å². The molecule has 1 aromatic rings. The number of anilines is 1. The number of benzene rings is 1. The molecular formula is C15H24N2O. The summed E-state index contributed by atoms with van der Waals surface area (Å²) in [7, 11) is 0. The number of rotatable bonds is 3. The van der Waals surface area contributed by atoms with Crippen molar-refractivity contribution in [2.24, 2.45) is 5.73 Å². The van der Waals surface area contributed by atoms with E-state index in [0.29, 0.717) is 0 Å². The first-order valence-corrected chi connectivity index (χ1v) is 6.96. The molecular weight excluding hydrogens is 224 g/mol. The van der Waals surface area contributed by atoms with Crippen molar-refractivity contribution in [2.75, 3.05) is 18.1 Å². The van der Waals surface area contributed by atoms with E-state index in [1.54, 1.807) is 0 Å². The Morgan fingerprint density at radius 1 is 1.33 bits per heavy atom. The Balaban J connectivity index is 2.32. The normalized spacial score (nSPS) is 22.6. The summed E-state index contributed by atoms with van der Waals surface area (Å²) < 4.78 is 0. The predicted molar refractivity (Wildman–Crippen MR) is 75.7 cm³/mol. The molecule has 2 rings (SSSR count). The lowest BCUT2D eigenvalue weighted by atomic mass is 10.0. The molecule has 1 aliphatic rings. The fourth-order valence-electron chi connectivity index (χ4n) is 2.82. The molecule has 1 aromatic carbocycles. The lowest BCUT2D eigenvalue weighted by Gasteiger charge is -2.33. The quantitative estimate of drug-likeness (QED) is 0.864. The van der Waals surface area contributed by atoms with Crippen molar-refractivity contribution in [3.05, 3.63) is 29.8 Å². The zero-order chi connectivity index (χ0) is 13.0. The van der Waals surface area contributed by atoms with Crippen LogP contribution in [0.4, 0.5) is 5.69 Å². The van der Waals surface area contributed by atoms with Gasteiger partial charge in [0.25, 0.3) is 0 Å². The summed E-state index contributed by atoms with van der Waals surface area (Å²) in [5, 5.41) is 9.60. The molecule has 0 radical (unpaired) electrons. The van der Waals surface area contributed by atoms with Gasteiger partial charge in [-0.1, -0.05) is 31.0 Å². The minimum atomic E-state index is 0.0313. The Morgan fingerprint density at radius 3 is 2.83 bits per heavy atom. The molecule has 0 bridgehead atoms. The highest BCUT2D eigenvalue weighted by Crippen LogP contribution is 2.29. The zero-order valence-corrected chi connectivity index (χ0v) is 11.2. The maximum absolute atomic E-state index is 9.60. The summed E-state index contributed by atoms with van der Waals surface area (Å²) in [6.45, 7) is 3.27. The van der Waals surface area contributed by atoms with Crippen LogP contribution in [-0.4, -0.2) is 24.3 Å². The van der Waals surface area contributed by atoms with Gasteiger partial charge < -0.3 is 15.7 Å². The van der Waals surface area contributed by atoms with Crippen molar-refractivity contribution >= 4 is 5.69 Å². The minimum Gasteiger partial charge on any atom is -0.394 e. The molecule has 2 unspecified atom stereocenters. The minimum absolute atomic E-state index is 0.0313. The largest absolute Gasteiger partial charge is 0.394 e. The second-order valence-corrected chi connectivity index (χ2v) is 5.23. The average Bonchev–Trinajstić information content (AvgIpc) is 2.63. The molecule has 3 nitrogen and oxygen atoms in total. The summed E-state index contributed by atoms with van der Waals surface area (Å²) in [6.07, 6.45) is 4.74. The smallest absolute Gasteiger partial charge is 0.0635 e. The van der Waals surface area contributed by atoms with Crippen LogP contribution in [0.1, 0.15) is 44.2 Å². The number of nitrogens with zero attached hydrogens (tertiary/aromatic N) is 1. The molecule has 0 spiro atoms. The number of hydrogen-bond acceptors (Lipinski definition) is 3. The van der Waals surface area contributed by atoms with Crippen LogP contribution in [0.15, 0.2) is 24.3 Å². The van der Waals surface area contributed by atoms with E-state index >= 15 is 0 Å². The van der Waals surface area contributed by atoms with Gasteiger partial charge in [-0.2, -0.15) is 0 Å². The SMILES string of the molecule is CC(N)c1ccccc1N1CCCCCC1CO. The second kappa shape index (κ2) is 6.21. The van der Waals surface area contributed by atoms with Crippen molar-refractivity contribution in [3.63, 3.8) is 0 Å². The van der Waals surface area contributed by atoms with Crippen LogP contribution in [-0.2, 0) is 0 Å². The summed E-state index contributed by atoms with van der Waals surface area (Å²) in [5.41, 5.74) is 8.44. The van der Waals surface area contributed by atoms with Gasteiger partial charge in [-0.15, -0.1) is 0 Å². The first-order chi connectivity index (χ1) is 8.74. The van der Waals surface area contributed by atoms with Crippen molar-refractivity contribution < 1.29 is 5.11 Å². The van der Waals surface area contributed by atoms with Crippen molar-refractivity contribution in [1.29, 1.82) is 0 Å². The number of aliphatic hydroxyl groups excluding tert-OH is 1. The number of para-hydroxylation sites is 1. The fraction of sp³-hybridized carbons (Fsp3) is 0.600. The predicted octanol–water partition coefficient (Wildman–Crippen LogP) is 2.45. The number of hydrogen-bond donors (Lipinski definition) is 2. The van der Waals surface area contributed by atoms with Gasteiger partial charge in [-0.25, -0.2) is 0 Å². The van der Waals surface area contributed by atoms with E-state index in [4.69, 9.17) is 5.73 Å². The number of nitrogens with two attached hydrogens (primary N) is 1. The van der Waals surface area contributed by atoms with Gasteiger partial charge in [0, 0.05) is 18.3 Å². The molecule has 0 saturated carbocycles. The lowest BCUT2D eigenvalue weighted by Crippen LogP contribution is -2.38. The molecule has 100 valence electrons.